The molecule has 0 saturated heterocycles. The molecule has 0 radical (unpaired) electrons. The number of hydrogen-bond acceptors (Lipinski definition) is 4. The number of imidazole rings is 1. The maximum atomic E-state index is 12.0. The van der Waals surface area contributed by atoms with E-state index < -0.39 is 5.41 Å². The number of carbonyl (C=O) groups excluding carboxylic acids is 1. The highest BCUT2D eigenvalue weighted by atomic mass is 16.4. The molecule has 0 aromatic carbocycles. The fraction of sp³-hybridized carbons (Fsp3) is 0.545. The second-order valence-electron chi connectivity index (χ2n) is 4.74. The molecule has 1 aromatic heterocycles. The summed E-state index contributed by atoms with van der Waals surface area (Å²) in [5.41, 5.74) is 4.44. The van der Waals surface area contributed by atoms with E-state index >= 15 is 0 Å². The van der Waals surface area contributed by atoms with Gasteiger partial charge in [0.05, 0.1) is 6.33 Å². The number of rotatable bonds is 5. The van der Waals surface area contributed by atoms with Crippen molar-refractivity contribution in [3.8, 4) is 0 Å². The fourth-order valence-corrected chi connectivity index (χ4v) is 1.40. The van der Waals surface area contributed by atoms with Crippen LogP contribution >= 0.6 is 0 Å². The predicted octanol–water partition coefficient (Wildman–Crippen LogP) is 0.160. The average Bonchev–Trinajstić information content (AvgIpc) is 2.80. The summed E-state index contributed by atoms with van der Waals surface area (Å²) >= 11 is 0. The van der Waals surface area contributed by atoms with Crippen LogP contribution in [0.25, 0.3) is 0 Å². The van der Waals surface area contributed by atoms with Gasteiger partial charge in [0.1, 0.15) is 5.41 Å². The summed E-state index contributed by atoms with van der Waals surface area (Å²) in [6.07, 6.45) is 5.17. The van der Waals surface area contributed by atoms with Crippen LogP contribution < -0.4 is 11.1 Å². The zero-order chi connectivity index (χ0) is 13.8. The van der Waals surface area contributed by atoms with Crippen LogP contribution in [0, 0.1) is 5.41 Å². The molecule has 7 heteroatoms. The van der Waals surface area contributed by atoms with Crippen LogP contribution in [0.15, 0.2) is 23.9 Å². The topological polar surface area (TPSA) is 106 Å². The number of nitrogens with one attached hydrogen (secondary N) is 1. The average molecular weight is 253 g/mol. The molecule has 1 rings (SSSR count). The Morgan fingerprint density at radius 3 is 2.83 bits per heavy atom. The Hall–Kier alpha value is -2.05. The van der Waals surface area contributed by atoms with E-state index in [4.69, 9.17) is 10.9 Å². The lowest BCUT2D eigenvalue weighted by Crippen LogP contribution is -2.49. The van der Waals surface area contributed by atoms with Gasteiger partial charge in [-0.15, -0.1) is 0 Å². The largest absolute Gasteiger partial charge is 0.409 e. The van der Waals surface area contributed by atoms with Gasteiger partial charge in [-0.05, 0) is 20.8 Å². The number of nitrogens with two attached hydrogens (primary N) is 1. The van der Waals surface area contributed by atoms with Crippen LogP contribution in [-0.4, -0.2) is 32.5 Å². The van der Waals surface area contributed by atoms with E-state index in [1.165, 1.54) is 0 Å². The van der Waals surface area contributed by atoms with Crippen LogP contribution in [0.1, 0.15) is 20.8 Å². The van der Waals surface area contributed by atoms with E-state index in [9.17, 15) is 4.79 Å². The van der Waals surface area contributed by atoms with Crippen molar-refractivity contribution >= 4 is 11.7 Å². The molecule has 0 aliphatic carbocycles. The van der Waals surface area contributed by atoms with Gasteiger partial charge >= 0.3 is 0 Å². The van der Waals surface area contributed by atoms with Crippen LogP contribution in [0.4, 0.5) is 0 Å². The van der Waals surface area contributed by atoms with E-state index in [-0.39, 0.29) is 17.8 Å². The first-order valence-electron chi connectivity index (χ1n) is 5.62. The first kappa shape index (κ1) is 14.0. The SMILES string of the molecule is CC(Cn1ccnc1)NC(=O)C(C)(C)C(N)=NO. The van der Waals surface area contributed by atoms with Gasteiger partial charge < -0.3 is 20.8 Å². The number of amides is 1. The van der Waals surface area contributed by atoms with E-state index in [0.29, 0.717) is 6.54 Å². The highest BCUT2D eigenvalue weighted by molar-refractivity contribution is 6.05. The molecular weight excluding hydrogens is 234 g/mol. The molecule has 1 heterocycles. The summed E-state index contributed by atoms with van der Waals surface area (Å²) < 4.78 is 1.86. The molecule has 1 amide bonds. The van der Waals surface area contributed by atoms with Gasteiger partial charge in [-0.25, -0.2) is 4.98 Å². The Balaban J connectivity index is 2.59. The maximum Gasteiger partial charge on any atom is 0.233 e. The molecule has 7 nitrogen and oxygen atoms in total. The minimum atomic E-state index is -1.04. The van der Waals surface area contributed by atoms with Gasteiger partial charge in [0.25, 0.3) is 0 Å². The van der Waals surface area contributed by atoms with Crippen molar-refractivity contribution in [2.24, 2.45) is 16.3 Å². The Labute approximate surface area is 106 Å². The normalized spacial score (nSPS) is 14.3. The Bertz CT molecular complexity index is 425. The molecule has 1 atom stereocenters. The summed E-state index contributed by atoms with van der Waals surface area (Å²) in [5, 5.41) is 14.3. The lowest BCUT2D eigenvalue weighted by Gasteiger charge is -2.24. The molecular formula is C11H19N5O2. The van der Waals surface area contributed by atoms with Gasteiger partial charge in [-0.3, -0.25) is 4.79 Å². The lowest BCUT2D eigenvalue weighted by atomic mass is 9.90. The summed E-state index contributed by atoms with van der Waals surface area (Å²) in [6.45, 7) is 5.68. The first-order valence-corrected chi connectivity index (χ1v) is 5.62. The predicted molar refractivity (Wildman–Crippen MR) is 67.0 cm³/mol. The Morgan fingerprint density at radius 2 is 2.33 bits per heavy atom. The molecule has 4 N–H and O–H groups in total. The van der Waals surface area contributed by atoms with Crippen molar-refractivity contribution in [3.63, 3.8) is 0 Å². The van der Waals surface area contributed by atoms with Crippen molar-refractivity contribution in [1.29, 1.82) is 0 Å². The molecule has 18 heavy (non-hydrogen) atoms. The smallest absolute Gasteiger partial charge is 0.233 e. The van der Waals surface area contributed by atoms with Crippen molar-refractivity contribution in [3.05, 3.63) is 18.7 Å². The minimum absolute atomic E-state index is 0.0857. The third-order valence-electron chi connectivity index (χ3n) is 2.74. The van der Waals surface area contributed by atoms with Crippen LogP contribution in [0.2, 0.25) is 0 Å². The van der Waals surface area contributed by atoms with Gasteiger partial charge in [0, 0.05) is 25.0 Å². The molecule has 0 bridgehead atoms. The Morgan fingerprint density at radius 1 is 1.67 bits per heavy atom. The molecule has 0 saturated carbocycles. The fourth-order valence-electron chi connectivity index (χ4n) is 1.40. The first-order chi connectivity index (χ1) is 8.37. The number of hydrogen-bond donors (Lipinski definition) is 3. The number of oxime groups is 1. The number of carbonyl (C=O) groups is 1. The zero-order valence-electron chi connectivity index (χ0n) is 10.8. The Kier molecular flexibility index (Phi) is 4.30. The van der Waals surface area contributed by atoms with Crippen molar-refractivity contribution < 1.29 is 10.0 Å². The summed E-state index contributed by atoms with van der Waals surface area (Å²) in [5.74, 6) is -0.403. The van der Waals surface area contributed by atoms with E-state index in [2.05, 4.69) is 15.5 Å². The zero-order valence-corrected chi connectivity index (χ0v) is 10.8. The minimum Gasteiger partial charge on any atom is -0.409 e. The van der Waals surface area contributed by atoms with E-state index in [0.717, 1.165) is 0 Å². The molecule has 100 valence electrons. The van der Waals surface area contributed by atoms with Gasteiger partial charge in [-0.1, -0.05) is 5.16 Å². The van der Waals surface area contributed by atoms with Crippen molar-refractivity contribution in [2.75, 3.05) is 0 Å². The quantitative estimate of drug-likeness (QED) is 0.301. The second-order valence-corrected chi connectivity index (χ2v) is 4.74. The van der Waals surface area contributed by atoms with Gasteiger partial charge in [-0.2, -0.15) is 0 Å². The lowest BCUT2D eigenvalue weighted by molar-refractivity contribution is -0.127. The molecule has 0 aliphatic rings. The van der Waals surface area contributed by atoms with Gasteiger partial charge in [0.15, 0.2) is 5.84 Å². The number of nitrogens with zero attached hydrogens (tertiary/aromatic N) is 3. The standard InChI is InChI=1S/C11H19N5O2/c1-8(6-16-5-4-13-7-16)14-10(17)11(2,3)9(12)15-18/h4-5,7-8,18H,6H2,1-3H3,(H2,12,15)(H,14,17). The summed E-state index contributed by atoms with van der Waals surface area (Å²) in [6, 6.07) is -0.0857. The second kappa shape index (κ2) is 5.52. The monoisotopic (exact) mass is 253 g/mol. The molecule has 0 aliphatic heterocycles. The van der Waals surface area contributed by atoms with Crippen LogP contribution in [0.5, 0.6) is 0 Å². The van der Waals surface area contributed by atoms with Gasteiger partial charge in [0.2, 0.25) is 5.91 Å². The number of aromatic nitrogens is 2. The number of amidine groups is 1. The summed E-state index contributed by atoms with van der Waals surface area (Å²) in [7, 11) is 0. The molecule has 1 aromatic rings. The van der Waals surface area contributed by atoms with Crippen LogP contribution in [0.3, 0.4) is 0 Å². The molecule has 0 spiro atoms. The third kappa shape index (κ3) is 3.22. The maximum absolute atomic E-state index is 12.0. The highest BCUT2D eigenvalue weighted by Gasteiger charge is 2.33. The highest BCUT2D eigenvalue weighted by Crippen LogP contribution is 2.15. The van der Waals surface area contributed by atoms with Crippen molar-refractivity contribution in [1.82, 2.24) is 14.9 Å². The van der Waals surface area contributed by atoms with Crippen LogP contribution in [-0.2, 0) is 11.3 Å². The van der Waals surface area contributed by atoms with E-state index in [1.54, 1.807) is 26.4 Å². The third-order valence-corrected chi connectivity index (χ3v) is 2.74. The van der Waals surface area contributed by atoms with E-state index in [1.807, 2.05) is 17.7 Å². The molecule has 0 fully saturated rings. The van der Waals surface area contributed by atoms with Crippen molar-refractivity contribution in [2.45, 2.75) is 33.4 Å². The molecule has 1 unspecified atom stereocenters. The summed E-state index contributed by atoms with van der Waals surface area (Å²) in [4.78, 5) is 15.9.